The van der Waals surface area contributed by atoms with E-state index < -0.39 is 0 Å². The van der Waals surface area contributed by atoms with Crippen molar-refractivity contribution in [2.24, 2.45) is 7.05 Å². The SMILES string of the molecule is Cn1cc(CC(=O)NCC2COc3ccccc3O2)c2ccccc21. The Morgan fingerprint density at radius 1 is 1.16 bits per heavy atom. The van der Waals surface area contributed by atoms with Crippen LogP contribution >= 0.6 is 0 Å². The van der Waals surface area contributed by atoms with E-state index in [1.807, 2.05) is 60.3 Å². The molecular formula is C20H20N2O3. The van der Waals surface area contributed by atoms with Gasteiger partial charge in [0.25, 0.3) is 0 Å². The van der Waals surface area contributed by atoms with E-state index in [1.54, 1.807) is 0 Å². The summed E-state index contributed by atoms with van der Waals surface area (Å²) in [7, 11) is 1.99. The average molecular weight is 336 g/mol. The van der Waals surface area contributed by atoms with Gasteiger partial charge in [-0.3, -0.25) is 4.79 Å². The lowest BCUT2D eigenvalue weighted by Gasteiger charge is -2.26. The number of amides is 1. The molecule has 4 rings (SSSR count). The molecular weight excluding hydrogens is 316 g/mol. The van der Waals surface area contributed by atoms with Crippen molar-refractivity contribution in [2.75, 3.05) is 13.2 Å². The summed E-state index contributed by atoms with van der Waals surface area (Å²) < 4.78 is 13.6. The van der Waals surface area contributed by atoms with Gasteiger partial charge in [-0.25, -0.2) is 0 Å². The summed E-state index contributed by atoms with van der Waals surface area (Å²) in [6, 6.07) is 15.7. The summed E-state index contributed by atoms with van der Waals surface area (Å²) in [6.07, 6.45) is 2.19. The highest BCUT2D eigenvalue weighted by molar-refractivity contribution is 5.89. The fraction of sp³-hybridized carbons (Fsp3) is 0.250. The van der Waals surface area contributed by atoms with Crippen LogP contribution in [0.4, 0.5) is 0 Å². The zero-order chi connectivity index (χ0) is 17.2. The number of carbonyl (C=O) groups excluding carboxylic acids is 1. The minimum absolute atomic E-state index is 0.0150. The van der Waals surface area contributed by atoms with E-state index in [0.29, 0.717) is 19.6 Å². The molecule has 1 unspecified atom stereocenters. The number of nitrogens with zero attached hydrogens (tertiary/aromatic N) is 1. The molecule has 1 atom stereocenters. The molecule has 0 saturated heterocycles. The van der Waals surface area contributed by atoms with Crippen molar-refractivity contribution >= 4 is 16.8 Å². The Kier molecular flexibility index (Phi) is 4.06. The summed E-state index contributed by atoms with van der Waals surface area (Å²) in [4.78, 5) is 12.3. The van der Waals surface area contributed by atoms with Crippen LogP contribution in [0.5, 0.6) is 11.5 Å². The molecule has 1 aromatic heterocycles. The van der Waals surface area contributed by atoms with Crippen LogP contribution in [-0.2, 0) is 18.3 Å². The van der Waals surface area contributed by atoms with Gasteiger partial charge in [-0.15, -0.1) is 0 Å². The largest absolute Gasteiger partial charge is 0.486 e. The van der Waals surface area contributed by atoms with Crippen LogP contribution in [0.15, 0.2) is 54.7 Å². The monoisotopic (exact) mass is 336 g/mol. The predicted molar refractivity (Wildman–Crippen MR) is 96.0 cm³/mol. The molecule has 3 aromatic rings. The normalized spacial score (nSPS) is 16.0. The summed E-state index contributed by atoms with van der Waals surface area (Å²) in [5.74, 6) is 1.46. The summed E-state index contributed by atoms with van der Waals surface area (Å²) in [5, 5.41) is 4.07. The first-order chi connectivity index (χ1) is 12.2. The fourth-order valence-electron chi connectivity index (χ4n) is 3.19. The zero-order valence-corrected chi connectivity index (χ0v) is 14.1. The maximum absolute atomic E-state index is 12.3. The van der Waals surface area contributed by atoms with Gasteiger partial charge in [0.15, 0.2) is 11.5 Å². The first-order valence-electron chi connectivity index (χ1n) is 8.39. The first kappa shape index (κ1) is 15.6. The van der Waals surface area contributed by atoms with Crippen LogP contribution in [0.3, 0.4) is 0 Å². The molecule has 0 spiro atoms. The van der Waals surface area contributed by atoms with Crippen LogP contribution in [0, 0.1) is 0 Å². The van der Waals surface area contributed by atoms with Gasteiger partial charge in [-0.2, -0.15) is 0 Å². The summed E-state index contributed by atoms with van der Waals surface area (Å²) >= 11 is 0. The lowest BCUT2D eigenvalue weighted by atomic mass is 10.1. The molecule has 0 saturated carbocycles. The molecule has 128 valence electrons. The highest BCUT2D eigenvalue weighted by Crippen LogP contribution is 2.30. The van der Waals surface area contributed by atoms with E-state index in [-0.39, 0.29) is 12.0 Å². The highest BCUT2D eigenvalue weighted by Gasteiger charge is 2.21. The number of rotatable bonds is 4. The molecule has 1 aliphatic rings. The van der Waals surface area contributed by atoms with E-state index in [9.17, 15) is 4.79 Å². The van der Waals surface area contributed by atoms with Gasteiger partial charge < -0.3 is 19.4 Å². The number of ether oxygens (including phenoxy) is 2. The van der Waals surface area contributed by atoms with E-state index in [4.69, 9.17) is 9.47 Å². The van der Waals surface area contributed by atoms with Crippen molar-refractivity contribution < 1.29 is 14.3 Å². The van der Waals surface area contributed by atoms with Gasteiger partial charge >= 0.3 is 0 Å². The Bertz CT molecular complexity index is 916. The third-order valence-electron chi connectivity index (χ3n) is 4.42. The zero-order valence-electron chi connectivity index (χ0n) is 14.1. The third-order valence-corrected chi connectivity index (χ3v) is 4.42. The van der Waals surface area contributed by atoms with E-state index >= 15 is 0 Å². The van der Waals surface area contributed by atoms with Crippen LogP contribution in [0.2, 0.25) is 0 Å². The number of benzene rings is 2. The molecule has 5 nitrogen and oxygen atoms in total. The number of hydrogen-bond acceptors (Lipinski definition) is 3. The van der Waals surface area contributed by atoms with Gasteiger partial charge in [0.2, 0.25) is 5.91 Å². The minimum Gasteiger partial charge on any atom is -0.486 e. The van der Waals surface area contributed by atoms with Gasteiger partial charge in [0, 0.05) is 24.1 Å². The molecule has 1 N–H and O–H groups in total. The van der Waals surface area contributed by atoms with Gasteiger partial charge in [-0.1, -0.05) is 30.3 Å². The molecule has 2 aromatic carbocycles. The van der Waals surface area contributed by atoms with E-state index in [0.717, 1.165) is 28.0 Å². The predicted octanol–water partition coefficient (Wildman–Crippen LogP) is 2.68. The standard InChI is InChI=1S/C20H20N2O3/c1-22-12-14(16-6-2-3-7-17(16)22)10-20(23)21-11-15-13-24-18-8-4-5-9-19(18)25-15/h2-9,12,15H,10-11,13H2,1H3,(H,21,23). The summed E-state index contributed by atoms with van der Waals surface area (Å²) in [5.41, 5.74) is 2.16. The van der Waals surface area contributed by atoms with Gasteiger partial charge in [0.05, 0.1) is 13.0 Å². The maximum atomic E-state index is 12.3. The minimum atomic E-state index is -0.175. The molecule has 0 bridgehead atoms. The molecule has 1 amide bonds. The lowest BCUT2D eigenvalue weighted by molar-refractivity contribution is -0.120. The second-order valence-electron chi connectivity index (χ2n) is 6.26. The van der Waals surface area contributed by atoms with Crippen molar-refractivity contribution in [3.63, 3.8) is 0 Å². The molecule has 0 aliphatic carbocycles. The number of carbonyl (C=O) groups is 1. The Hall–Kier alpha value is -2.95. The number of aromatic nitrogens is 1. The van der Waals surface area contributed by atoms with E-state index in [2.05, 4.69) is 11.4 Å². The van der Waals surface area contributed by atoms with Crippen molar-refractivity contribution in [1.82, 2.24) is 9.88 Å². The number of para-hydroxylation sites is 3. The molecule has 0 radical (unpaired) electrons. The van der Waals surface area contributed by atoms with Gasteiger partial charge in [-0.05, 0) is 23.8 Å². The quantitative estimate of drug-likeness (QED) is 0.797. The Morgan fingerprint density at radius 3 is 2.80 bits per heavy atom. The fourth-order valence-corrected chi connectivity index (χ4v) is 3.19. The van der Waals surface area contributed by atoms with Crippen molar-refractivity contribution in [2.45, 2.75) is 12.5 Å². The van der Waals surface area contributed by atoms with Crippen LogP contribution in [0.1, 0.15) is 5.56 Å². The molecule has 1 aliphatic heterocycles. The lowest BCUT2D eigenvalue weighted by Crippen LogP contribution is -2.41. The third kappa shape index (κ3) is 3.18. The van der Waals surface area contributed by atoms with Crippen LogP contribution < -0.4 is 14.8 Å². The molecule has 5 heteroatoms. The maximum Gasteiger partial charge on any atom is 0.224 e. The van der Waals surface area contributed by atoms with Gasteiger partial charge in [0.1, 0.15) is 12.7 Å². The Morgan fingerprint density at radius 2 is 1.92 bits per heavy atom. The first-order valence-corrected chi connectivity index (χ1v) is 8.39. The van der Waals surface area contributed by atoms with E-state index in [1.165, 1.54) is 0 Å². The van der Waals surface area contributed by atoms with Crippen molar-refractivity contribution in [3.05, 3.63) is 60.3 Å². The van der Waals surface area contributed by atoms with Crippen LogP contribution in [0.25, 0.3) is 10.9 Å². The molecule has 25 heavy (non-hydrogen) atoms. The number of aryl methyl sites for hydroxylation is 1. The van der Waals surface area contributed by atoms with Crippen LogP contribution in [-0.4, -0.2) is 29.7 Å². The summed E-state index contributed by atoms with van der Waals surface area (Å²) in [6.45, 7) is 0.865. The van der Waals surface area contributed by atoms with Crippen molar-refractivity contribution in [1.29, 1.82) is 0 Å². The number of hydrogen-bond donors (Lipinski definition) is 1. The number of fused-ring (bicyclic) bond motifs is 2. The highest BCUT2D eigenvalue weighted by atomic mass is 16.6. The second kappa shape index (κ2) is 6.51. The molecule has 0 fully saturated rings. The topological polar surface area (TPSA) is 52.5 Å². The Balaban J connectivity index is 1.37. The Labute approximate surface area is 146 Å². The average Bonchev–Trinajstić information content (AvgIpc) is 2.96. The second-order valence-corrected chi connectivity index (χ2v) is 6.26. The smallest absolute Gasteiger partial charge is 0.224 e. The number of nitrogens with one attached hydrogen (secondary N) is 1. The molecule has 2 heterocycles. The van der Waals surface area contributed by atoms with Crippen molar-refractivity contribution in [3.8, 4) is 11.5 Å².